The predicted molar refractivity (Wildman–Crippen MR) is 144 cm³/mol. The van der Waals surface area contributed by atoms with Gasteiger partial charge in [-0.3, -0.25) is 19.2 Å². The van der Waals surface area contributed by atoms with Crippen LogP contribution in [0.2, 0.25) is 0 Å². The molecule has 0 saturated carbocycles. The molecule has 0 aromatic rings. The second-order valence-corrected chi connectivity index (χ2v) is 11.2. The van der Waals surface area contributed by atoms with Crippen LogP contribution in [0.3, 0.4) is 0 Å². The van der Waals surface area contributed by atoms with E-state index in [1.54, 1.807) is 9.80 Å². The highest BCUT2D eigenvalue weighted by Gasteiger charge is 2.37. The van der Waals surface area contributed by atoms with E-state index in [1.165, 1.54) is 0 Å². The Balaban J connectivity index is 1.14. The van der Waals surface area contributed by atoms with Gasteiger partial charge >= 0.3 is 0 Å². The van der Waals surface area contributed by atoms with Crippen molar-refractivity contribution in [3.05, 3.63) is 23.9 Å². The van der Waals surface area contributed by atoms with Crippen LogP contribution in [0.25, 0.3) is 0 Å². The summed E-state index contributed by atoms with van der Waals surface area (Å²) >= 11 is 0. The van der Waals surface area contributed by atoms with Crippen LogP contribution in [-0.2, 0) is 19.2 Å². The zero-order valence-corrected chi connectivity index (χ0v) is 22.6. The Morgan fingerprint density at radius 2 is 1.42 bits per heavy atom. The second kappa shape index (κ2) is 13.3. The number of unbranched alkanes of at least 4 members (excludes halogenated alkanes) is 3. The van der Waals surface area contributed by atoms with Crippen molar-refractivity contribution in [1.82, 2.24) is 19.6 Å². The molecule has 10 nitrogen and oxygen atoms in total. The van der Waals surface area contributed by atoms with Gasteiger partial charge in [-0.2, -0.15) is 0 Å². The Labute approximate surface area is 226 Å². The predicted octanol–water partition coefficient (Wildman–Crippen LogP) is 0.967. The average molecular weight is 529 g/mol. The lowest BCUT2D eigenvalue weighted by atomic mass is 9.95. The quantitative estimate of drug-likeness (QED) is 0.384. The number of nitrogens with zero attached hydrogens (tertiary/aromatic N) is 4. The lowest BCUT2D eigenvalue weighted by Crippen LogP contribution is -2.49. The molecule has 0 spiro atoms. The van der Waals surface area contributed by atoms with Crippen LogP contribution in [0.4, 0.5) is 0 Å². The highest BCUT2D eigenvalue weighted by atomic mass is 16.2. The van der Waals surface area contributed by atoms with Crippen molar-refractivity contribution in [2.75, 3.05) is 45.8 Å². The lowest BCUT2D eigenvalue weighted by Gasteiger charge is -2.35. The Morgan fingerprint density at radius 3 is 2.13 bits per heavy atom. The molecule has 4 N–H and O–H groups in total. The molecule has 4 rings (SSSR count). The maximum atomic E-state index is 13.0. The molecule has 10 heteroatoms. The van der Waals surface area contributed by atoms with E-state index in [0.717, 1.165) is 84.1 Å². The van der Waals surface area contributed by atoms with Gasteiger partial charge < -0.3 is 31.1 Å². The van der Waals surface area contributed by atoms with Crippen LogP contribution in [0, 0.1) is 5.92 Å². The SMILES string of the molecule is NC(=O)C1CCCN1C(=O)C1=CN(CCCCCCN2CCCC(C(=O)N3CCCC3C(N)=O)C2)CC=C1. The third-order valence-corrected chi connectivity index (χ3v) is 8.44. The number of hydrogen-bond donors (Lipinski definition) is 2. The second-order valence-electron chi connectivity index (χ2n) is 11.2. The first-order chi connectivity index (χ1) is 18.3. The fourth-order valence-electron chi connectivity index (χ4n) is 6.39. The van der Waals surface area contributed by atoms with Crippen LogP contribution < -0.4 is 11.5 Å². The highest BCUT2D eigenvalue weighted by molar-refractivity contribution is 5.99. The number of carbonyl (C=O) groups is 4. The topological polar surface area (TPSA) is 133 Å². The fourth-order valence-corrected chi connectivity index (χ4v) is 6.39. The number of carbonyl (C=O) groups excluding carboxylic acids is 4. The Hall–Kier alpha value is -2.88. The van der Waals surface area contributed by atoms with Gasteiger partial charge in [0.2, 0.25) is 17.7 Å². The fraction of sp³-hybridized carbons (Fsp3) is 0.714. The van der Waals surface area contributed by atoms with Gasteiger partial charge in [-0.1, -0.05) is 25.0 Å². The van der Waals surface area contributed by atoms with Gasteiger partial charge in [-0.25, -0.2) is 0 Å². The molecule has 4 aliphatic rings. The van der Waals surface area contributed by atoms with Crippen molar-refractivity contribution in [3.8, 4) is 0 Å². The van der Waals surface area contributed by atoms with E-state index >= 15 is 0 Å². The van der Waals surface area contributed by atoms with Gasteiger partial charge in [0.15, 0.2) is 0 Å². The molecule has 4 amide bonds. The van der Waals surface area contributed by atoms with Gasteiger partial charge in [0, 0.05) is 38.9 Å². The summed E-state index contributed by atoms with van der Waals surface area (Å²) in [5.41, 5.74) is 11.6. The Kier molecular flexibility index (Phi) is 9.82. The van der Waals surface area contributed by atoms with Crippen molar-refractivity contribution in [2.45, 2.75) is 76.3 Å². The van der Waals surface area contributed by atoms with Crippen LogP contribution in [0.5, 0.6) is 0 Å². The van der Waals surface area contributed by atoms with Gasteiger partial charge in [0.25, 0.3) is 5.91 Å². The van der Waals surface area contributed by atoms with E-state index in [4.69, 9.17) is 11.5 Å². The number of nitrogens with two attached hydrogens (primary N) is 2. The molecule has 3 fully saturated rings. The van der Waals surface area contributed by atoms with E-state index < -0.39 is 18.0 Å². The molecule has 38 heavy (non-hydrogen) atoms. The first kappa shape index (κ1) is 28.1. The molecule has 3 atom stereocenters. The van der Waals surface area contributed by atoms with Gasteiger partial charge in [0.05, 0.1) is 11.5 Å². The van der Waals surface area contributed by atoms with E-state index in [1.807, 2.05) is 18.4 Å². The molecular weight excluding hydrogens is 484 g/mol. The third-order valence-electron chi connectivity index (χ3n) is 8.44. The minimum atomic E-state index is -0.493. The van der Waals surface area contributed by atoms with Gasteiger partial charge in [-0.05, 0) is 64.5 Å². The van der Waals surface area contributed by atoms with Crippen LogP contribution in [0.15, 0.2) is 23.9 Å². The molecule has 0 bridgehead atoms. The number of piperidine rings is 1. The van der Waals surface area contributed by atoms with Crippen molar-refractivity contribution in [1.29, 1.82) is 0 Å². The largest absolute Gasteiger partial charge is 0.373 e. The van der Waals surface area contributed by atoms with Crippen molar-refractivity contribution >= 4 is 23.6 Å². The molecule has 4 aliphatic heterocycles. The smallest absolute Gasteiger partial charge is 0.255 e. The van der Waals surface area contributed by atoms with Crippen molar-refractivity contribution in [2.24, 2.45) is 17.4 Å². The van der Waals surface area contributed by atoms with E-state index in [9.17, 15) is 19.2 Å². The third kappa shape index (κ3) is 6.95. The summed E-state index contributed by atoms with van der Waals surface area (Å²) in [5.74, 6) is -0.847. The molecule has 0 aromatic carbocycles. The standard InChI is InChI=1S/C28H44N6O4/c29-25(35)23-11-7-17-33(23)27(37)21-9-5-15-31(19-21)13-3-1-2-4-14-32-16-6-10-22(20-32)28(38)34-18-8-12-24(34)26(30)36/h5,9,19,22-24H,1-4,6-8,10-18,20H2,(H2,29,35)(H2,30,36). The molecule has 0 aliphatic carbocycles. The van der Waals surface area contributed by atoms with Crippen LogP contribution in [0.1, 0.15) is 64.2 Å². The Bertz CT molecular complexity index is 950. The zero-order chi connectivity index (χ0) is 27.1. The Morgan fingerprint density at radius 1 is 0.789 bits per heavy atom. The molecule has 3 unspecified atom stereocenters. The first-order valence-corrected chi connectivity index (χ1v) is 14.4. The minimum Gasteiger partial charge on any atom is -0.373 e. The van der Waals surface area contributed by atoms with Crippen molar-refractivity contribution in [3.63, 3.8) is 0 Å². The first-order valence-electron chi connectivity index (χ1n) is 14.4. The van der Waals surface area contributed by atoms with Gasteiger partial charge in [0.1, 0.15) is 12.1 Å². The number of rotatable bonds is 11. The normalized spacial score (nSPS) is 26.1. The number of likely N-dealkylation sites (tertiary alicyclic amines) is 3. The number of amides is 4. The molecular formula is C28H44N6O4. The zero-order valence-electron chi connectivity index (χ0n) is 22.6. The summed E-state index contributed by atoms with van der Waals surface area (Å²) < 4.78 is 0. The summed E-state index contributed by atoms with van der Waals surface area (Å²) in [6.07, 6.45) is 15.0. The van der Waals surface area contributed by atoms with Gasteiger partial charge in [-0.15, -0.1) is 0 Å². The summed E-state index contributed by atoms with van der Waals surface area (Å²) in [6, 6.07) is -0.919. The van der Waals surface area contributed by atoms with Crippen LogP contribution in [-0.4, -0.2) is 101 Å². The van der Waals surface area contributed by atoms with E-state index in [2.05, 4.69) is 9.80 Å². The number of hydrogen-bond acceptors (Lipinski definition) is 6. The maximum Gasteiger partial charge on any atom is 0.255 e. The summed E-state index contributed by atoms with van der Waals surface area (Å²) in [6.45, 7) is 5.69. The molecule has 4 heterocycles. The molecule has 0 aromatic heterocycles. The summed E-state index contributed by atoms with van der Waals surface area (Å²) in [4.78, 5) is 57.3. The summed E-state index contributed by atoms with van der Waals surface area (Å²) in [5, 5.41) is 0. The molecule has 210 valence electrons. The summed E-state index contributed by atoms with van der Waals surface area (Å²) in [7, 11) is 0. The minimum absolute atomic E-state index is 0.0293. The molecule has 0 radical (unpaired) electrons. The lowest BCUT2D eigenvalue weighted by molar-refractivity contribution is -0.142. The van der Waals surface area contributed by atoms with Crippen molar-refractivity contribution < 1.29 is 19.2 Å². The monoisotopic (exact) mass is 528 g/mol. The molecule has 3 saturated heterocycles. The van der Waals surface area contributed by atoms with Crippen LogP contribution >= 0.6 is 0 Å². The maximum absolute atomic E-state index is 13.0. The average Bonchev–Trinajstić information content (AvgIpc) is 3.61. The van der Waals surface area contributed by atoms with E-state index in [-0.39, 0.29) is 23.6 Å². The highest BCUT2D eigenvalue weighted by Crippen LogP contribution is 2.25. The van der Waals surface area contributed by atoms with E-state index in [0.29, 0.717) is 31.5 Å². The number of primary amides is 2.